The molecule has 0 fully saturated rings. The number of rotatable bonds is 1. The lowest BCUT2D eigenvalue weighted by Crippen LogP contribution is -1.86. The van der Waals surface area contributed by atoms with Gasteiger partial charge in [-0.2, -0.15) is 10.4 Å². The Bertz CT molecular complexity index is 268. The van der Waals surface area contributed by atoms with Crippen LogP contribution in [0.3, 0.4) is 0 Å². The molecule has 4 heteroatoms. The maximum absolute atomic E-state index is 8.26. The fraction of sp³-hybridized carbons (Fsp3) is 0.333. The quantitative estimate of drug-likeness (QED) is 0.455. The Morgan fingerprint density at radius 3 is 2.90 bits per heavy atom. The first kappa shape index (κ1) is 6.62. The van der Waals surface area contributed by atoms with Crippen molar-refractivity contribution in [3.8, 4) is 6.19 Å². The van der Waals surface area contributed by atoms with E-state index in [-0.39, 0.29) is 0 Å². The molecule has 0 aliphatic heterocycles. The normalized spacial score (nSPS) is 8.90. The number of nitrogens with one attached hydrogen (secondary N) is 1. The summed E-state index contributed by atoms with van der Waals surface area (Å²) >= 11 is 0. The van der Waals surface area contributed by atoms with Crippen molar-refractivity contribution >= 4 is 5.69 Å². The van der Waals surface area contributed by atoms with Crippen LogP contribution >= 0.6 is 0 Å². The molecule has 1 N–H and O–H groups in total. The van der Waals surface area contributed by atoms with Crippen molar-refractivity contribution in [2.75, 3.05) is 5.32 Å². The molecule has 0 saturated carbocycles. The number of nitriles is 1. The van der Waals surface area contributed by atoms with Crippen LogP contribution < -0.4 is 5.32 Å². The van der Waals surface area contributed by atoms with Gasteiger partial charge < -0.3 is 0 Å². The summed E-state index contributed by atoms with van der Waals surface area (Å²) in [5.74, 6) is 0. The van der Waals surface area contributed by atoms with Crippen molar-refractivity contribution < 1.29 is 0 Å². The van der Waals surface area contributed by atoms with E-state index >= 15 is 0 Å². The first-order chi connectivity index (χ1) is 4.74. The van der Waals surface area contributed by atoms with Crippen LogP contribution in [0, 0.1) is 18.4 Å². The van der Waals surface area contributed by atoms with Gasteiger partial charge >= 0.3 is 0 Å². The van der Waals surface area contributed by atoms with Gasteiger partial charge in [-0.05, 0) is 6.92 Å². The van der Waals surface area contributed by atoms with Gasteiger partial charge in [0.2, 0.25) is 0 Å². The summed E-state index contributed by atoms with van der Waals surface area (Å²) in [6, 6.07) is 0. The lowest BCUT2D eigenvalue weighted by Gasteiger charge is -1.87. The number of nitrogens with zero attached hydrogens (tertiary/aromatic N) is 3. The molecular weight excluding hydrogens is 128 g/mol. The predicted molar refractivity (Wildman–Crippen MR) is 37.2 cm³/mol. The topological polar surface area (TPSA) is 53.6 Å². The molecule has 0 bridgehead atoms. The number of aryl methyl sites for hydroxylation is 2. The second-order valence-electron chi connectivity index (χ2n) is 2.04. The number of hydrogen-bond donors (Lipinski definition) is 1. The first-order valence-corrected chi connectivity index (χ1v) is 2.89. The number of hydrogen-bond acceptors (Lipinski definition) is 3. The summed E-state index contributed by atoms with van der Waals surface area (Å²) in [4.78, 5) is 0. The summed E-state index contributed by atoms with van der Waals surface area (Å²) < 4.78 is 1.66. The SMILES string of the molecule is Cc1nn(C)cc1NC#N. The molecule has 0 aliphatic rings. The molecule has 52 valence electrons. The Kier molecular flexibility index (Phi) is 1.59. The smallest absolute Gasteiger partial charge is 0.181 e. The van der Waals surface area contributed by atoms with Crippen LogP contribution in [-0.2, 0) is 7.05 Å². The molecule has 0 spiro atoms. The predicted octanol–water partition coefficient (Wildman–Crippen LogP) is 0.621. The molecule has 0 aliphatic carbocycles. The largest absolute Gasteiger partial charge is 0.289 e. The van der Waals surface area contributed by atoms with Crippen molar-refractivity contribution in [2.24, 2.45) is 7.05 Å². The third kappa shape index (κ3) is 1.08. The van der Waals surface area contributed by atoms with Gasteiger partial charge in [0.25, 0.3) is 0 Å². The molecule has 0 unspecified atom stereocenters. The van der Waals surface area contributed by atoms with E-state index in [4.69, 9.17) is 5.26 Å². The molecule has 10 heavy (non-hydrogen) atoms. The molecule has 1 rings (SSSR count). The van der Waals surface area contributed by atoms with Gasteiger partial charge in [-0.1, -0.05) is 0 Å². The van der Waals surface area contributed by atoms with E-state index in [0.29, 0.717) is 0 Å². The first-order valence-electron chi connectivity index (χ1n) is 2.89. The fourth-order valence-electron chi connectivity index (χ4n) is 0.783. The van der Waals surface area contributed by atoms with Crippen LogP contribution in [0.5, 0.6) is 0 Å². The minimum atomic E-state index is 0.769. The van der Waals surface area contributed by atoms with Crippen LogP contribution in [0.1, 0.15) is 5.69 Å². The van der Waals surface area contributed by atoms with Gasteiger partial charge in [-0.3, -0.25) is 10.00 Å². The minimum absolute atomic E-state index is 0.769. The van der Waals surface area contributed by atoms with Crippen LogP contribution in [0.25, 0.3) is 0 Å². The Labute approximate surface area is 59.1 Å². The van der Waals surface area contributed by atoms with E-state index in [0.717, 1.165) is 11.4 Å². The summed E-state index contributed by atoms with van der Waals surface area (Å²) in [7, 11) is 1.82. The summed E-state index contributed by atoms with van der Waals surface area (Å²) in [5.41, 5.74) is 1.61. The Morgan fingerprint density at radius 2 is 2.50 bits per heavy atom. The minimum Gasteiger partial charge on any atom is -0.289 e. The average molecular weight is 136 g/mol. The van der Waals surface area contributed by atoms with Crippen LogP contribution in [0.4, 0.5) is 5.69 Å². The molecule has 0 amide bonds. The van der Waals surface area contributed by atoms with E-state index in [1.54, 1.807) is 10.9 Å². The zero-order chi connectivity index (χ0) is 7.56. The lowest BCUT2D eigenvalue weighted by molar-refractivity contribution is 0.756. The van der Waals surface area contributed by atoms with Crippen molar-refractivity contribution in [1.82, 2.24) is 9.78 Å². The monoisotopic (exact) mass is 136 g/mol. The highest BCUT2D eigenvalue weighted by Gasteiger charge is 1.99. The Balaban J connectivity index is 2.94. The molecule has 0 aromatic carbocycles. The summed E-state index contributed by atoms with van der Waals surface area (Å²) in [6.07, 6.45) is 3.60. The van der Waals surface area contributed by atoms with Crippen LogP contribution in [-0.4, -0.2) is 9.78 Å². The van der Waals surface area contributed by atoms with Crippen molar-refractivity contribution in [3.05, 3.63) is 11.9 Å². The fourth-order valence-corrected chi connectivity index (χ4v) is 0.783. The highest BCUT2D eigenvalue weighted by Crippen LogP contribution is 2.09. The number of anilines is 1. The third-order valence-electron chi connectivity index (χ3n) is 1.20. The molecule has 1 heterocycles. The van der Waals surface area contributed by atoms with Crippen LogP contribution in [0.15, 0.2) is 6.20 Å². The van der Waals surface area contributed by atoms with E-state index in [9.17, 15) is 0 Å². The highest BCUT2D eigenvalue weighted by molar-refractivity contribution is 5.48. The maximum Gasteiger partial charge on any atom is 0.181 e. The second kappa shape index (κ2) is 2.40. The van der Waals surface area contributed by atoms with Gasteiger partial charge in [0.1, 0.15) is 0 Å². The molecule has 0 atom stereocenters. The third-order valence-corrected chi connectivity index (χ3v) is 1.20. The summed E-state index contributed by atoms with van der Waals surface area (Å²) in [5, 5.41) is 14.8. The number of aromatic nitrogens is 2. The molecule has 4 nitrogen and oxygen atoms in total. The average Bonchev–Trinajstić information content (AvgIpc) is 2.13. The Morgan fingerprint density at radius 1 is 1.80 bits per heavy atom. The van der Waals surface area contributed by atoms with Gasteiger partial charge in [0, 0.05) is 13.2 Å². The second-order valence-corrected chi connectivity index (χ2v) is 2.04. The maximum atomic E-state index is 8.26. The van der Waals surface area contributed by atoms with Crippen molar-refractivity contribution in [2.45, 2.75) is 6.92 Å². The Hall–Kier alpha value is -1.50. The lowest BCUT2D eigenvalue weighted by atomic mass is 10.4. The van der Waals surface area contributed by atoms with Crippen molar-refractivity contribution in [1.29, 1.82) is 5.26 Å². The van der Waals surface area contributed by atoms with E-state index in [2.05, 4.69) is 10.4 Å². The highest BCUT2D eigenvalue weighted by atomic mass is 15.3. The van der Waals surface area contributed by atoms with Gasteiger partial charge in [-0.25, -0.2) is 0 Å². The van der Waals surface area contributed by atoms with Crippen LogP contribution in [0.2, 0.25) is 0 Å². The van der Waals surface area contributed by atoms with E-state index < -0.39 is 0 Å². The molecular formula is C6H8N4. The summed E-state index contributed by atoms with van der Waals surface area (Å²) in [6.45, 7) is 1.85. The molecule has 1 aromatic rings. The van der Waals surface area contributed by atoms with E-state index in [1.165, 1.54) is 0 Å². The standard InChI is InChI=1S/C6H8N4/c1-5-6(8-4-7)3-10(2)9-5/h3,8H,1-2H3. The van der Waals surface area contributed by atoms with E-state index in [1.807, 2.05) is 20.2 Å². The molecule has 1 aromatic heterocycles. The molecule has 0 saturated heterocycles. The zero-order valence-electron chi connectivity index (χ0n) is 5.92. The zero-order valence-corrected chi connectivity index (χ0v) is 5.92. The van der Waals surface area contributed by atoms with Gasteiger partial charge in [0.15, 0.2) is 6.19 Å². The van der Waals surface area contributed by atoms with Gasteiger partial charge in [0.05, 0.1) is 11.4 Å². The van der Waals surface area contributed by atoms with Crippen molar-refractivity contribution in [3.63, 3.8) is 0 Å². The van der Waals surface area contributed by atoms with Gasteiger partial charge in [-0.15, -0.1) is 0 Å². The molecule has 0 radical (unpaired) electrons.